The smallest absolute Gasteiger partial charge is 0.303 e. The molecule has 0 aromatic rings. The van der Waals surface area contributed by atoms with Gasteiger partial charge in [-0.25, -0.2) is 0 Å². The van der Waals surface area contributed by atoms with Crippen LogP contribution in [0.1, 0.15) is 52.9 Å². The number of hydrogen-bond donors (Lipinski definition) is 1. The number of ketones is 2. The highest BCUT2D eigenvalue weighted by atomic mass is 16.5. The van der Waals surface area contributed by atoms with Crippen LogP contribution in [0.15, 0.2) is 46.0 Å². The average Bonchev–Trinajstić information content (AvgIpc) is 2.62. The molecule has 0 atom stereocenters. The molecule has 0 heterocycles. The van der Waals surface area contributed by atoms with Gasteiger partial charge in [0.25, 0.3) is 0 Å². The van der Waals surface area contributed by atoms with Gasteiger partial charge in [-0.05, 0) is 46.5 Å². The van der Waals surface area contributed by atoms with Gasteiger partial charge in [0.2, 0.25) is 23.1 Å². The highest BCUT2D eigenvalue weighted by Crippen LogP contribution is 2.28. The molecule has 0 aromatic heterocycles. The SMILES string of the molecule is COC1=C(OC)C(=O)C(CC=C(C)CCC=C(C)CCC(=O)O)=C(C)C1=O. The summed E-state index contributed by atoms with van der Waals surface area (Å²) >= 11 is 0. The van der Waals surface area contributed by atoms with Gasteiger partial charge in [-0.2, -0.15) is 0 Å². The number of ether oxygens (including phenoxy) is 2. The third-order valence-corrected chi connectivity index (χ3v) is 4.51. The molecule has 148 valence electrons. The number of rotatable bonds is 10. The summed E-state index contributed by atoms with van der Waals surface area (Å²) in [6.07, 6.45) is 6.62. The van der Waals surface area contributed by atoms with E-state index in [2.05, 4.69) is 0 Å². The minimum absolute atomic E-state index is 0.0496. The van der Waals surface area contributed by atoms with Crippen LogP contribution in [0, 0.1) is 0 Å². The molecule has 0 radical (unpaired) electrons. The summed E-state index contributed by atoms with van der Waals surface area (Å²) in [5, 5.41) is 8.69. The predicted molar refractivity (Wildman–Crippen MR) is 102 cm³/mol. The van der Waals surface area contributed by atoms with Gasteiger partial charge in [0.15, 0.2) is 0 Å². The second kappa shape index (κ2) is 10.5. The number of methoxy groups -OCH3 is 2. The first kappa shape index (κ1) is 22.4. The van der Waals surface area contributed by atoms with Crippen molar-refractivity contribution in [1.29, 1.82) is 0 Å². The van der Waals surface area contributed by atoms with Crippen LogP contribution < -0.4 is 0 Å². The molecular formula is C21H28O6. The van der Waals surface area contributed by atoms with Gasteiger partial charge in [-0.3, -0.25) is 14.4 Å². The van der Waals surface area contributed by atoms with Crippen LogP contribution in [0.25, 0.3) is 0 Å². The van der Waals surface area contributed by atoms with Crippen LogP contribution in [0.2, 0.25) is 0 Å². The highest BCUT2D eigenvalue weighted by molar-refractivity contribution is 6.23. The minimum atomic E-state index is -0.796. The third-order valence-electron chi connectivity index (χ3n) is 4.51. The standard InChI is InChI=1S/C21H28O6/c1-13(7-6-8-14(2)10-12-17(22)23)9-11-16-15(3)18(24)20(26-4)21(27-5)19(16)25/h8-9H,6-7,10-12H2,1-5H3,(H,22,23). The highest BCUT2D eigenvalue weighted by Gasteiger charge is 2.33. The molecule has 0 aliphatic heterocycles. The summed E-state index contributed by atoms with van der Waals surface area (Å²) in [7, 11) is 2.69. The zero-order valence-corrected chi connectivity index (χ0v) is 16.7. The molecule has 0 saturated carbocycles. The number of carbonyl (C=O) groups is 3. The van der Waals surface area contributed by atoms with Gasteiger partial charge >= 0.3 is 5.97 Å². The van der Waals surface area contributed by atoms with Crippen LogP contribution in [-0.4, -0.2) is 36.9 Å². The second-order valence-corrected chi connectivity index (χ2v) is 6.57. The van der Waals surface area contributed by atoms with Crippen LogP contribution >= 0.6 is 0 Å². The lowest BCUT2D eigenvalue weighted by molar-refractivity contribution is -0.137. The minimum Gasteiger partial charge on any atom is -0.489 e. The summed E-state index contributed by atoms with van der Waals surface area (Å²) in [5.74, 6) is -1.54. The first-order chi connectivity index (χ1) is 12.7. The quantitative estimate of drug-likeness (QED) is 0.460. The van der Waals surface area contributed by atoms with Crippen molar-refractivity contribution in [3.05, 3.63) is 46.0 Å². The number of carboxylic acid groups (broad SMARTS) is 1. The topological polar surface area (TPSA) is 89.9 Å². The number of carboxylic acids is 1. The van der Waals surface area contributed by atoms with Crippen LogP contribution in [0.5, 0.6) is 0 Å². The second-order valence-electron chi connectivity index (χ2n) is 6.57. The monoisotopic (exact) mass is 376 g/mol. The van der Waals surface area contributed by atoms with Gasteiger partial charge in [0.1, 0.15) is 0 Å². The normalized spacial score (nSPS) is 16.2. The van der Waals surface area contributed by atoms with E-state index in [9.17, 15) is 14.4 Å². The van der Waals surface area contributed by atoms with Gasteiger partial charge in [0, 0.05) is 17.6 Å². The van der Waals surface area contributed by atoms with Crippen molar-refractivity contribution in [3.63, 3.8) is 0 Å². The Bertz CT molecular complexity index is 734. The molecule has 0 bridgehead atoms. The largest absolute Gasteiger partial charge is 0.489 e. The fourth-order valence-electron chi connectivity index (χ4n) is 2.77. The van der Waals surface area contributed by atoms with Crippen LogP contribution in [0.3, 0.4) is 0 Å². The van der Waals surface area contributed by atoms with E-state index < -0.39 is 5.97 Å². The molecule has 27 heavy (non-hydrogen) atoms. The van der Waals surface area contributed by atoms with Crippen molar-refractivity contribution >= 4 is 17.5 Å². The van der Waals surface area contributed by atoms with Gasteiger partial charge in [0.05, 0.1) is 14.2 Å². The fourth-order valence-corrected chi connectivity index (χ4v) is 2.77. The van der Waals surface area contributed by atoms with E-state index in [4.69, 9.17) is 14.6 Å². The zero-order chi connectivity index (χ0) is 20.6. The van der Waals surface area contributed by atoms with Crippen molar-refractivity contribution in [2.24, 2.45) is 0 Å². The molecule has 1 aliphatic rings. The average molecular weight is 376 g/mol. The Morgan fingerprint density at radius 2 is 1.48 bits per heavy atom. The Morgan fingerprint density at radius 1 is 0.926 bits per heavy atom. The Morgan fingerprint density at radius 3 is 2.04 bits per heavy atom. The van der Waals surface area contributed by atoms with Gasteiger partial charge in [-0.15, -0.1) is 0 Å². The number of aliphatic carboxylic acids is 1. The zero-order valence-electron chi connectivity index (χ0n) is 16.7. The summed E-state index contributed by atoms with van der Waals surface area (Å²) in [6.45, 7) is 5.52. The maximum absolute atomic E-state index is 12.6. The lowest BCUT2D eigenvalue weighted by Crippen LogP contribution is -2.24. The summed E-state index contributed by atoms with van der Waals surface area (Å²) in [4.78, 5) is 35.5. The van der Waals surface area contributed by atoms with E-state index in [1.165, 1.54) is 14.2 Å². The van der Waals surface area contributed by atoms with Crippen molar-refractivity contribution < 1.29 is 29.0 Å². The molecule has 6 nitrogen and oxygen atoms in total. The molecule has 0 unspecified atom stereocenters. The summed E-state index contributed by atoms with van der Waals surface area (Å²) in [5.41, 5.74) is 2.95. The molecule has 0 saturated heterocycles. The van der Waals surface area contributed by atoms with Crippen molar-refractivity contribution in [3.8, 4) is 0 Å². The predicted octanol–water partition coefficient (Wildman–Crippen LogP) is 3.89. The molecule has 6 heteroatoms. The molecule has 0 fully saturated rings. The van der Waals surface area contributed by atoms with Crippen molar-refractivity contribution in [1.82, 2.24) is 0 Å². The Labute approximate surface area is 160 Å². The molecule has 0 amide bonds. The molecule has 0 aromatic carbocycles. The molecule has 0 spiro atoms. The van der Waals surface area contributed by atoms with E-state index in [0.717, 1.165) is 24.0 Å². The van der Waals surface area contributed by atoms with E-state index in [1.807, 2.05) is 26.0 Å². The first-order valence-electron chi connectivity index (χ1n) is 8.87. The van der Waals surface area contributed by atoms with Crippen LogP contribution in [-0.2, 0) is 23.9 Å². The Kier molecular flexibility index (Phi) is 8.72. The van der Waals surface area contributed by atoms with E-state index in [0.29, 0.717) is 24.0 Å². The number of Topliss-reactive ketones (excluding diaryl/α,β-unsaturated/α-hetero) is 2. The molecule has 1 N–H and O–H groups in total. The number of hydrogen-bond acceptors (Lipinski definition) is 5. The maximum atomic E-state index is 12.6. The number of allylic oxidation sites excluding steroid dienone is 6. The maximum Gasteiger partial charge on any atom is 0.303 e. The number of carbonyl (C=O) groups excluding carboxylic acids is 2. The van der Waals surface area contributed by atoms with Crippen molar-refractivity contribution in [2.45, 2.75) is 52.9 Å². The third kappa shape index (κ3) is 6.24. The Hall–Kier alpha value is -2.63. The molecule has 1 rings (SSSR count). The molecule has 1 aliphatic carbocycles. The van der Waals surface area contributed by atoms with Crippen LogP contribution in [0.4, 0.5) is 0 Å². The van der Waals surface area contributed by atoms with E-state index in [1.54, 1.807) is 6.92 Å². The van der Waals surface area contributed by atoms with E-state index in [-0.39, 0.29) is 29.5 Å². The summed E-state index contributed by atoms with van der Waals surface area (Å²) < 4.78 is 10.1. The Balaban J connectivity index is 2.74. The van der Waals surface area contributed by atoms with Gasteiger partial charge < -0.3 is 14.6 Å². The fraction of sp³-hybridized carbons (Fsp3) is 0.476. The molecular weight excluding hydrogens is 348 g/mol. The lowest BCUT2D eigenvalue weighted by Gasteiger charge is -2.19. The van der Waals surface area contributed by atoms with Gasteiger partial charge in [-0.1, -0.05) is 23.3 Å². The summed E-state index contributed by atoms with van der Waals surface area (Å²) in [6, 6.07) is 0. The first-order valence-corrected chi connectivity index (χ1v) is 8.87. The van der Waals surface area contributed by atoms with E-state index >= 15 is 0 Å². The van der Waals surface area contributed by atoms with Crippen molar-refractivity contribution in [2.75, 3.05) is 14.2 Å². The lowest BCUT2D eigenvalue weighted by atomic mass is 9.90.